The van der Waals surface area contributed by atoms with Crippen molar-refractivity contribution in [1.29, 1.82) is 0 Å². The Morgan fingerprint density at radius 1 is 1.08 bits per heavy atom. The van der Waals surface area contributed by atoms with Crippen LogP contribution in [0.3, 0.4) is 0 Å². The monoisotopic (exact) mass is 355 g/mol. The van der Waals surface area contributed by atoms with Gasteiger partial charge >= 0.3 is 0 Å². The van der Waals surface area contributed by atoms with Gasteiger partial charge in [-0.3, -0.25) is 4.79 Å². The number of aryl methyl sites for hydroxylation is 1. The van der Waals surface area contributed by atoms with Crippen LogP contribution in [0.25, 0.3) is 6.08 Å². The first-order valence-corrected chi connectivity index (χ1v) is 8.42. The highest BCUT2D eigenvalue weighted by atomic mass is 16.5. The lowest BCUT2D eigenvalue weighted by atomic mass is 10.2. The zero-order valence-electron chi connectivity index (χ0n) is 15.6. The predicted octanol–water partition coefficient (Wildman–Crippen LogP) is 3.61. The second-order valence-electron chi connectivity index (χ2n) is 5.93. The fourth-order valence-corrected chi connectivity index (χ4v) is 2.39. The maximum absolute atomic E-state index is 12.1. The van der Waals surface area contributed by atoms with Gasteiger partial charge in [0.2, 0.25) is 5.91 Å². The number of ether oxygens (including phenoxy) is 3. The summed E-state index contributed by atoms with van der Waals surface area (Å²) in [6.45, 7) is 4.30. The minimum atomic E-state index is -0.180. The van der Waals surface area contributed by atoms with Crippen molar-refractivity contribution in [1.82, 2.24) is 5.32 Å². The minimum absolute atomic E-state index is 0.114. The third-order valence-electron chi connectivity index (χ3n) is 3.81. The molecule has 1 amide bonds. The van der Waals surface area contributed by atoms with Crippen molar-refractivity contribution >= 4 is 12.0 Å². The van der Waals surface area contributed by atoms with E-state index in [1.165, 1.54) is 6.08 Å². The van der Waals surface area contributed by atoms with Crippen LogP contribution in [0.1, 0.15) is 18.1 Å². The van der Waals surface area contributed by atoms with Crippen LogP contribution in [-0.2, 0) is 4.79 Å². The van der Waals surface area contributed by atoms with Gasteiger partial charge in [0.05, 0.1) is 20.3 Å². The molecule has 26 heavy (non-hydrogen) atoms. The molecule has 0 spiro atoms. The van der Waals surface area contributed by atoms with E-state index in [4.69, 9.17) is 14.2 Å². The molecular formula is C21H25NO4. The Kier molecular flexibility index (Phi) is 7.09. The molecule has 2 aromatic rings. The number of methoxy groups -OCH3 is 2. The molecule has 2 aromatic carbocycles. The summed E-state index contributed by atoms with van der Waals surface area (Å²) in [6.07, 6.45) is 3.22. The normalized spacial score (nSPS) is 11.8. The van der Waals surface area contributed by atoms with Crippen molar-refractivity contribution in [3.63, 3.8) is 0 Å². The molecule has 2 rings (SSSR count). The van der Waals surface area contributed by atoms with Crippen LogP contribution in [0.5, 0.6) is 17.2 Å². The maximum atomic E-state index is 12.1. The highest BCUT2D eigenvalue weighted by Crippen LogP contribution is 2.27. The second-order valence-corrected chi connectivity index (χ2v) is 5.93. The Morgan fingerprint density at radius 3 is 2.50 bits per heavy atom. The topological polar surface area (TPSA) is 56.8 Å². The molecule has 0 saturated heterocycles. The largest absolute Gasteiger partial charge is 0.493 e. The molecular weight excluding hydrogens is 330 g/mol. The summed E-state index contributed by atoms with van der Waals surface area (Å²) in [5, 5.41) is 2.88. The lowest BCUT2D eigenvalue weighted by Crippen LogP contribution is -2.35. The number of benzene rings is 2. The van der Waals surface area contributed by atoms with Gasteiger partial charge in [-0.05, 0) is 49.2 Å². The molecule has 0 aliphatic rings. The minimum Gasteiger partial charge on any atom is -0.493 e. The van der Waals surface area contributed by atoms with Crippen LogP contribution in [0.4, 0.5) is 0 Å². The quantitative estimate of drug-likeness (QED) is 0.735. The fraction of sp³-hybridized carbons (Fsp3) is 0.286. The van der Waals surface area contributed by atoms with E-state index in [1.807, 2.05) is 50.2 Å². The van der Waals surface area contributed by atoms with E-state index < -0.39 is 0 Å². The lowest BCUT2D eigenvalue weighted by molar-refractivity contribution is -0.117. The Bertz CT molecular complexity index is 770. The van der Waals surface area contributed by atoms with Crippen molar-refractivity contribution in [3.05, 3.63) is 59.7 Å². The SMILES string of the molecule is COc1ccc(/C=C/C(=O)N[C@@H](C)COc2ccccc2C)cc1OC. The van der Waals surface area contributed by atoms with E-state index in [0.717, 1.165) is 16.9 Å². The van der Waals surface area contributed by atoms with Gasteiger partial charge in [0.15, 0.2) is 11.5 Å². The van der Waals surface area contributed by atoms with E-state index >= 15 is 0 Å². The standard InChI is InChI=1S/C21H25NO4/c1-15-7-5-6-8-18(15)26-14-16(2)22-21(23)12-10-17-9-11-19(24-3)20(13-17)25-4/h5-13,16H,14H2,1-4H3,(H,22,23)/b12-10+/t16-/m0/s1. The molecule has 0 aromatic heterocycles. The number of carbonyl (C=O) groups excluding carboxylic acids is 1. The molecule has 5 heteroatoms. The van der Waals surface area contributed by atoms with Gasteiger partial charge in [0.1, 0.15) is 12.4 Å². The summed E-state index contributed by atoms with van der Waals surface area (Å²) in [4.78, 5) is 12.1. The van der Waals surface area contributed by atoms with Gasteiger partial charge in [0, 0.05) is 6.08 Å². The molecule has 0 saturated carbocycles. The molecule has 1 N–H and O–H groups in total. The molecule has 0 fully saturated rings. The third-order valence-corrected chi connectivity index (χ3v) is 3.81. The summed E-state index contributed by atoms with van der Waals surface area (Å²) in [5.74, 6) is 1.92. The number of hydrogen-bond donors (Lipinski definition) is 1. The average Bonchev–Trinajstić information content (AvgIpc) is 2.65. The molecule has 0 heterocycles. The van der Waals surface area contributed by atoms with E-state index in [1.54, 1.807) is 26.4 Å². The molecule has 138 valence electrons. The number of para-hydroxylation sites is 1. The van der Waals surface area contributed by atoms with Gasteiger partial charge in [-0.15, -0.1) is 0 Å². The van der Waals surface area contributed by atoms with Gasteiger partial charge in [-0.2, -0.15) is 0 Å². The third kappa shape index (κ3) is 5.55. The van der Waals surface area contributed by atoms with Crippen molar-refractivity contribution in [2.24, 2.45) is 0 Å². The number of amides is 1. The van der Waals surface area contributed by atoms with E-state index in [0.29, 0.717) is 18.1 Å². The molecule has 0 radical (unpaired) electrons. The fourth-order valence-electron chi connectivity index (χ4n) is 2.39. The van der Waals surface area contributed by atoms with Gasteiger partial charge in [-0.25, -0.2) is 0 Å². The van der Waals surface area contributed by atoms with Gasteiger partial charge in [0.25, 0.3) is 0 Å². The molecule has 1 atom stereocenters. The average molecular weight is 355 g/mol. The van der Waals surface area contributed by atoms with Crippen LogP contribution in [0, 0.1) is 6.92 Å². The first-order valence-electron chi connectivity index (χ1n) is 8.42. The Morgan fingerprint density at radius 2 is 1.81 bits per heavy atom. The second kappa shape index (κ2) is 9.51. The molecule has 0 unspecified atom stereocenters. The zero-order valence-corrected chi connectivity index (χ0v) is 15.6. The van der Waals surface area contributed by atoms with Crippen molar-refractivity contribution < 1.29 is 19.0 Å². The number of hydrogen-bond acceptors (Lipinski definition) is 4. The first-order chi connectivity index (χ1) is 12.5. The first kappa shape index (κ1) is 19.4. The van der Waals surface area contributed by atoms with Crippen LogP contribution in [0.2, 0.25) is 0 Å². The van der Waals surface area contributed by atoms with Crippen molar-refractivity contribution in [2.75, 3.05) is 20.8 Å². The van der Waals surface area contributed by atoms with Crippen molar-refractivity contribution in [3.8, 4) is 17.2 Å². The van der Waals surface area contributed by atoms with Crippen LogP contribution < -0.4 is 19.5 Å². The van der Waals surface area contributed by atoms with E-state index in [2.05, 4.69) is 5.32 Å². The summed E-state index contributed by atoms with van der Waals surface area (Å²) in [7, 11) is 3.16. The molecule has 0 bridgehead atoms. The van der Waals surface area contributed by atoms with Crippen LogP contribution >= 0.6 is 0 Å². The smallest absolute Gasteiger partial charge is 0.244 e. The molecule has 0 aliphatic carbocycles. The van der Waals surface area contributed by atoms with Crippen molar-refractivity contribution in [2.45, 2.75) is 19.9 Å². The summed E-state index contributed by atoms with van der Waals surface area (Å²) < 4.78 is 16.2. The Labute approximate surface area is 154 Å². The lowest BCUT2D eigenvalue weighted by Gasteiger charge is -2.15. The highest BCUT2D eigenvalue weighted by Gasteiger charge is 2.07. The number of rotatable bonds is 8. The van der Waals surface area contributed by atoms with E-state index in [-0.39, 0.29) is 11.9 Å². The van der Waals surface area contributed by atoms with Crippen LogP contribution in [-0.4, -0.2) is 32.8 Å². The van der Waals surface area contributed by atoms with Gasteiger partial charge in [-0.1, -0.05) is 24.3 Å². The highest BCUT2D eigenvalue weighted by molar-refractivity contribution is 5.92. The molecule has 5 nitrogen and oxygen atoms in total. The number of nitrogens with one attached hydrogen (secondary N) is 1. The summed E-state index contributed by atoms with van der Waals surface area (Å²) >= 11 is 0. The zero-order chi connectivity index (χ0) is 18.9. The van der Waals surface area contributed by atoms with Crippen LogP contribution in [0.15, 0.2) is 48.5 Å². The van der Waals surface area contributed by atoms with Gasteiger partial charge < -0.3 is 19.5 Å². The Balaban J connectivity index is 1.87. The molecule has 0 aliphatic heterocycles. The summed E-state index contributed by atoms with van der Waals surface area (Å²) in [6, 6.07) is 13.2. The maximum Gasteiger partial charge on any atom is 0.244 e. The predicted molar refractivity (Wildman–Crippen MR) is 103 cm³/mol. The Hall–Kier alpha value is -2.95. The number of carbonyl (C=O) groups is 1. The summed E-state index contributed by atoms with van der Waals surface area (Å²) in [5.41, 5.74) is 1.92. The van der Waals surface area contributed by atoms with E-state index in [9.17, 15) is 4.79 Å².